The molecule has 1 aliphatic rings. The van der Waals surface area contributed by atoms with Gasteiger partial charge in [0.15, 0.2) is 9.84 Å². The number of halogens is 1. The van der Waals surface area contributed by atoms with Gasteiger partial charge in [0, 0.05) is 17.9 Å². The van der Waals surface area contributed by atoms with Gasteiger partial charge in [0.2, 0.25) is 0 Å². The summed E-state index contributed by atoms with van der Waals surface area (Å²) in [6.07, 6.45) is 1.76. The predicted octanol–water partition coefficient (Wildman–Crippen LogP) is 3.48. The average molecular weight is 360 g/mol. The molecule has 1 aromatic carbocycles. The van der Waals surface area contributed by atoms with Gasteiger partial charge in [0.05, 0.1) is 16.3 Å². The fraction of sp³-hybridized carbons (Fsp3) is 0.600. The second-order valence-electron chi connectivity index (χ2n) is 5.47. The van der Waals surface area contributed by atoms with E-state index in [4.69, 9.17) is 0 Å². The van der Waals surface area contributed by atoms with Crippen molar-refractivity contribution in [3.05, 3.63) is 24.3 Å². The SMILES string of the molecule is CCCS(=O)(=O)c1ccccc1N1CCC(C)C1CBr. The average Bonchev–Trinajstić information content (AvgIpc) is 2.79. The van der Waals surface area contributed by atoms with Crippen molar-refractivity contribution < 1.29 is 8.42 Å². The minimum Gasteiger partial charge on any atom is -0.366 e. The van der Waals surface area contributed by atoms with Gasteiger partial charge in [-0.05, 0) is 30.9 Å². The first-order valence-electron chi connectivity index (χ1n) is 7.15. The van der Waals surface area contributed by atoms with Crippen LogP contribution in [0.25, 0.3) is 0 Å². The fourth-order valence-electron chi connectivity index (χ4n) is 2.88. The molecular weight excluding hydrogens is 338 g/mol. The van der Waals surface area contributed by atoms with Crippen molar-refractivity contribution in [1.29, 1.82) is 0 Å². The number of rotatable bonds is 5. The van der Waals surface area contributed by atoms with Crippen LogP contribution in [0.15, 0.2) is 29.2 Å². The number of hydrogen-bond donors (Lipinski definition) is 0. The van der Waals surface area contributed by atoms with Gasteiger partial charge in [-0.15, -0.1) is 0 Å². The molecule has 2 atom stereocenters. The Hall–Kier alpha value is -0.550. The van der Waals surface area contributed by atoms with Crippen LogP contribution in [-0.4, -0.2) is 32.1 Å². The van der Waals surface area contributed by atoms with E-state index in [0.717, 1.165) is 24.0 Å². The van der Waals surface area contributed by atoms with Gasteiger partial charge in [-0.2, -0.15) is 0 Å². The highest BCUT2D eigenvalue weighted by atomic mass is 79.9. The van der Waals surface area contributed by atoms with Crippen LogP contribution in [0.2, 0.25) is 0 Å². The third kappa shape index (κ3) is 3.03. The van der Waals surface area contributed by atoms with Crippen molar-refractivity contribution >= 4 is 31.5 Å². The standard InChI is InChI=1S/C15H22BrNO2S/c1-3-10-20(18,19)15-7-5-4-6-13(15)17-9-8-12(2)14(17)11-16/h4-7,12,14H,3,8-11H2,1-2H3. The van der Waals surface area contributed by atoms with Crippen molar-refractivity contribution in [3.63, 3.8) is 0 Å². The maximum absolute atomic E-state index is 12.4. The van der Waals surface area contributed by atoms with Gasteiger partial charge < -0.3 is 4.90 Å². The molecule has 2 unspecified atom stereocenters. The zero-order valence-electron chi connectivity index (χ0n) is 12.0. The lowest BCUT2D eigenvalue weighted by atomic mass is 10.1. The Kier molecular flexibility index (Phi) is 5.13. The summed E-state index contributed by atoms with van der Waals surface area (Å²) in [5.41, 5.74) is 0.870. The summed E-state index contributed by atoms with van der Waals surface area (Å²) in [6.45, 7) is 5.06. The molecule has 3 nitrogen and oxygen atoms in total. The summed E-state index contributed by atoms with van der Waals surface area (Å²) in [5, 5.41) is 0.871. The Labute approximate surface area is 130 Å². The van der Waals surface area contributed by atoms with E-state index in [1.165, 1.54) is 0 Å². The lowest BCUT2D eigenvalue weighted by molar-refractivity contribution is 0.552. The van der Waals surface area contributed by atoms with Crippen LogP contribution in [0, 0.1) is 5.92 Å². The van der Waals surface area contributed by atoms with E-state index in [9.17, 15) is 8.42 Å². The fourth-order valence-corrected chi connectivity index (χ4v) is 5.41. The van der Waals surface area contributed by atoms with Gasteiger partial charge in [0.25, 0.3) is 0 Å². The molecule has 0 aliphatic carbocycles. The molecule has 5 heteroatoms. The van der Waals surface area contributed by atoms with E-state index in [1.807, 2.05) is 25.1 Å². The Morgan fingerprint density at radius 1 is 1.35 bits per heavy atom. The van der Waals surface area contributed by atoms with Gasteiger partial charge in [-0.1, -0.05) is 41.9 Å². The molecule has 0 N–H and O–H groups in total. The first kappa shape index (κ1) is 15.8. The summed E-state index contributed by atoms with van der Waals surface area (Å²) < 4.78 is 24.9. The molecule has 1 saturated heterocycles. The van der Waals surface area contributed by atoms with Crippen LogP contribution in [0.3, 0.4) is 0 Å². The molecule has 2 rings (SSSR count). The second-order valence-corrected chi connectivity index (χ2v) is 8.19. The Bertz CT molecular complexity index is 559. The summed E-state index contributed by atoms with van der Waals surface area (Å²) in [5.74, 6) is 0.795. The minimum absolute atomic E-state index is 0.215. The number of hydrogen-bond acceptors (Lipinski definition) is 3. The normalized spacial score (nSPS) is 23.2. The molecule has 1 heterocycles. The smallest absolute Gasteiger partial charge is 0.180 e. The van der Waals surface area contributed by atoms with Gasteiger partial charge in [-0.25, -0.2) is 8.42 Å². The van der Waals surface area contributed by atoms with E-state index in [2.05, 4.69) is 27.8 Å². The van der Waals surface area contributed by atoms with Crippen LogP contribution in [0.4, 0.5) is 5.69 Å². The zero-order valence-corrected chi connectivity index (χ0v) is 14.5. The molecule has 1 aliphatic heterocycles. The molecule has 0 bridgehead atoms. The van der Waals surface area contributed by atoms with E-state index >= 15 is 0 Å². The number of anilines is 1. The van der Waals surface area contributed by atoms with Gasteiger partial charge in [0.1, 0.15) is 0 Å². The van der Waals surface area contributed by atoms with Crippen molar-refractivity contribution in [2.45, 2.75) is 37.6 Å². The monoisotopic (exact) mass is 359 g/mol. The molecule has 0 radical (unpaired) electrons. The molecule has 20 heavy (non-hydrogen) atoms. The number of nitrogens with zero attached hydrogens (tertiary/aromatic N) is 1. The topological polar surface area (TPSA) is 37.4 Å². The Morgan fingerprint density at radius 2 is 2.05 bits per heavy atom. The third-order valence-electron chi connectivity index (χ3n) is 4.02. The molecule has 1 aromatic rings. The lowest BCUT2D eigenvalue weighted by Gasteiger charge is -2.29. The molecule has 0 spiro atoms. The van der Waals surface area contributed by atoms with Gasteiger partial charge >= 0.3 is 0 Å². The van der Waals surface area contributed by atoms with Crippen LogP contribution in [-0.2, 0) is 9.84 Å². The summed E-state index contributed by atoms with van der Waals surface area (Å²) in [6, 6.07) is 7.79. The highest BCUT2D eigenvalue weighted by molar-refractivity contribution is 9.09. The number of benzene rings is 1. The van der Waals surface area contributed by atoms with E-state index in [1.54, 1.807) is 6.07 Å². The van der Waals surface area contributed by atoms with Crippen molar-refractivity contribution in [2.75, 3.05) is 22.5 Å². The number of alkyl halides is 1. The van der Waals surface area contributed by atoms with Crippen LogP contribution in [0.1, 0.15) is 26.7 Å². The van der Waals surface area contributed by atoms with Crippen molar-refractivity contribution in [2.24, 2.45) is 5.92 Å². The molecular formula is C15H22BrNO2S. The van der Waals surface area contributed by atoms with E-state index < -0.39 is 9.84 Å². The Balaban J connectivity index is 2.43. The molecule has 0 amide bonds. The maximum atomic E-state index is 12.4. The van der Waals surface area contributed by atoms with Crippen molar-refractivity contribution in [1.82, 2.24) is 0 Å². The molecule has 1 fully saturated rings. The van der Waals surface area contributed by atoms with Crippen LogP contribution < -0.4 is 4.90 Å². The van der Waals surface area contributed by atoms with Crippen LogP contribution >= 0.6 is 15.9 Å². The first-order valence-corrected chi connectivity index (χ1v) is 9.93. The number of sulfone groups is 1. The number of para-hydroxylation sites is 1. The molecule has 0 aromatic heterocycles. The largest absolute Gasteiger partial charge is 0.366 e. The summed E-state index contributed by atoms with van der Waals surface area (Å²) in [4.78, 5) is 2.74. The quantitative estimate of drug-likeness (QED) is 0.755. The third-order valence-corrected chi connectivity index (χ3v) is 6.65. The maximum Gasteiger partial charge on any atom is 0.180 e. The van der Waals surface area contributed by atoms with E-state index in [0.29, 0.717) is 23.3 Å². The Morgan fingerprint density at radius 3 is 2.70 bits per heavy atom. The predicted molar refractivity (Wildman–Crippen MR) is 87.5 cm³/mol. The van der Waals surface area contributed by atoms with Crippen LogP contribution in [0.5, 0.6) is 0 Å². The summed E-state index contributed by atoms with van der Waals surface area (Å²) in [7, 11) is -3.18. The minimum atomic E-state index is -3.18. The second kappa shape index (κ2) is 6.48. The van der Waals surface area contributed by atoms with Crippen molar-refractivity contribution in [3.8, 4) is 0 Å². The molecule has 112 valence electrons. The van der Waals surface area contributed by atoms with Gasteiger partial charge in [-0.3, -0.25) is 0 Å². The highest BCUT2D eigenvalue weighted by Crippen LogP contribution is 2.35. The highest BCUT2D eigenvalue weighted by Gasteiger charge is 2.33. The zero-order chi connectivity index (χ0) is 14.8. The lowest BCUT2D eigenvalue weighted by Crippen LogP contribution is -2.34. The summed E-state index contributed by atoms with van der Waals surface area (Å²) >= 11 is 3.57. The first-order chi connectivity index (χ1) is 9.51. The van der Waals surface area contributed by atoms with E-state index in [-0.39, 0.29) is 5.75 Å². The molecule has 0 saturated carbocycles.